The fraction of sp³-hybridized carbons (Fsp3) is 0.241. The number of halogens is 1. The number of benzene rings is 3. The van der Waals surface area contributed by atoms with Crippen molar-refractivity contribution in [1.82, 2.24) is 9.78 Å². The van der Waals surface area contributed by atoms with Crippen molar-refractivity contribution >= 4 is 11.6 Å². The van der Waals surface area contributed by atoms with Crippen molar-refractivity contribution in [1.29, 1.82) is 0 Å². The summed E-state index contributed by atoms with van der Waals surface area (Å²) in [6.45, 7) is 0.200. The lowest BCUT2D eigenvalue weighted by molar-refractivity contribution is 0.0718. The summed E-state index contributed by atoms with van der Waals surface area (Å²) < 4.78 is 21.2. The van der Waals surface area contributed by atoms with Crippen LogP contribution in [0, 0.1) is 5.92 Å². The van der Waals surface area contributed by atoms with E-state index in [4.69, 9.17) is 10.5 Å². The van der Waals surface area contributed by atoms with Crippen molar-refractivity contribution in [2.45, 2.75) is 32.2 Å². The number of nitrogens with one attached hydrogen (secondary N) is 1. The van der Waals surface area contributed by atoms with Crippen LogP contribution < -0.4 is 11.1 Å². The van der Waals surface area contributed by atoms with Crippen LogP contribution in [0.2, 0.25) is 0 Å². The van der Waals surface area contributed by atoms with Gasteiger partial charge in [0, 0.05) is 12.2 Å². The zero-order valence-corrected chi connectivity index (χ0v) is 20.3. The molecule has 1 unspecified atom stereocenters. The second-order valence-electron chi connectivity index (χ2n) is 9.27. The Morgan fingerprint density at radius 1 is 1.08 bits per heavy atom. The number of aromatic nitrogens is 2. The number of amides is 1. The fourth-order valence-electron chi connectivity index (χ4n) is 4.19. The van der Waals surface area contributed by atoms with Gasteiger partial charge in [-0.3, -0.25) is 4.79 Å². The third kappa shape index (κ3) is 5.87. The highest BCUT2D eigenvalue weighted by Gasteiger charge is 2.25. The second kappa shape index (κ2) is 10.9. The maximum atomic E-state index is 13.5. The molecule has 1 aliphatic rings. The van der Waals surface area contributed by atoms with E-state index in [-0.39, 0.29) is 23.2 Å². The third-order valence-electron chi connectivity index (χ3n) is 6.36. The average molecular weight is 501 g/mol. The summed E-state index contributed by atoms with van der Waals surface area (Å²) in [6, 6.07) is 23.2. The first-order chi connectivity index (χ1) is 18.0. The second-order valence-corrected chi connectivity index (χ2v) is 9.27. The number of phenols is 1. The number of anilines is 1. The minimum Gasteiger partial charge on any atom is -0.508 e. The van der Waals surface area contributed by atoms with Crippen molar-refractivity contribution < 1.29 is 19.0 Å². The highest BCUT2D eigenvalue weighted by atomic mass is 19.1. The maximum absolute atomic E-state index is 13.5. The monoisotopic (exact) mass is 500 g/mol. The minimum atomic E-state index is -0.786. The van der Waals surface area contributed by atoms with Gasteiger partial charge in [-0.1, -0.05) is 36.4 Å². The molecule has 3 aromatic carbocycles. The molecule has 1 saturated carbocycles. The molecule has 0 aliphatic heterocycles. The summed E-state index contributed by atoms with van der Waals surface area (Å²) in [5, 5.41) is 16.9. The summed E-state index contributed by atoms with van der Waals surface area (Å²) in [6.07, 6.45) is 1.99. The molecule has 0 saturated heterocycles. The van der Waals surface area contributed by atoms with E-state index < -0.39 is 12.6 Å². The van der Waals surface area contributed by atoms with Crippen molar-refractivity contribution in [3.05, 3.63) is 107 Å². The van der Waals surface area contributed by atoms with Crippen LogP contribution in [-0.4, -0.2) is 27.4 Å². The number of nitrogens with two attached hydrogens (primary N) is 1. The van der Waals surface area contributed by atoms with Crippen LogP contribution in [0.3, 0.4) is 0 Å². The Balaban J connectivity index is 1.41. The fourth-order valence-corrected chi connectivity index (χ4v) is 4.19. The number of aromatic hydroxyl groups is 1. The number of hydrogen-bond donors (Lipinski definition) is 3. The Morgan fingerprint density at radius 2 is 1.86 bits per heavy atom. The van der Waals surface area contributed by atoms with Gasteiger partial charge in [-0.05, 0) is 77.9 Å². The molecule has 8 heteroatoms. The van der Waals surface area contributed by atoms with Gasteiger partial charge in [0.2, 0.25) is 0 Å². The van der Waals surface area contributed by atoms with Gasteiger partial charge in [-0.25, -0.2) is 9.07 Å². The van der Waals surface area contributed by atoms with Gasteiger partial charge in [0.15, 0.2) is 0 Å². The SMILES string of the molecule is NCc1cccc(-n2nc(CF)cc2C(=O)Nc2cccc(C(OCC3CC3)c3ccc(O)cc3)c2)c1. The van der Waals surface area contributed by atoms with E-state index in [0.29, 0.717) is 30.4 Å². The predicted octanol–water partition coefficient (Wildman–Crippen LogP) is 5.27. The summed E-state index contributed by atoms with van der Waals surface area (Å²) in [7, 11) is 0. The molecule has 37 heavy (non-hydrogen) atoms. The third-order valence-corrected chi connectivity index (χ3v) is 6.36. The quantitative estimate of drug-likeness (QED) is 0.275. The van der Waals surface area contributed by atoms with Gasteiger partial charge in [-0.15, -0.1) is 0 Å². The van der Waals surface area contributed by atoms with Crippen LogP contribution in [0.15, 0.2) is 78.9 Å². The van der Waals surface area contributed by atoms with E-state index >= 15 is 0 Å². The van der Waals surface area contributed by atoms with Gasteiger partial charge >= 0.3 is 0 Å². The molecule has 0 bridgehead atoms. The molecule has 1 aliphatic carbocycles. The Bertz CT molecular complexity index is 1380. The van der Waals surface area contributed by atoms with E-state index in [9.17, 15) is 14.3 Å². The first-order valence-electron chi connectivity index (χ1n) is 12.3. The highest BCUT2D eigenvalue weighted by Crippen LogP contribution is 2.34. The normalized spacial score (nSPS) is 13.9. The van der Waals surface area contributed by atoms with Gasteiger partial charge in [0.1, 0.15) is 24.2 Å². The molecule has 4 N–H and O–H groups in total. The molecule has 0 spiro atoms. The molecule has 1 aromatic heterocycles. The molecule has 1 amide bonds. The zero-order chi connectivity index (χ0) is 25.8. The van der Waals surface area contributed by atoms with Crippen molar-refractivity contribution in [2.75, 3.05) is 11.9 Å². The standard InChI is InChI=1S/C29H29FN4O3/c30-16-24-15-27(34(33-24)25-6-1-3-20(13-25)17-31)29(36)32-23-5-2-4-22(14-23)28(37-18-19-7-8-19)21-9-11-26(35)12-10-21/h1-6,9-15,19,28,35H,7-8,16-18,31H2,(H,32,36). The van der Waals surface area contributed by atoms with E-state index in [1.807, 2.05) is 48.5 Å². The van der Waals surface area contributed by atoms with Gasteiger partial charge in [-0.2, -0.15) is 5.10 Å². The number of hydrogen-bond acceptors (Lipinski definition) is 5. The largest absolute Gasteiger partial charge is 0.508 e. The molecule has 4 aromatic rings. The van der Waals surface area contributed by atoms with E-state index in [1.54, 1.807) is 24.3 Å². The van der Waals surface area contributed by atoms with Gasteiger partial charge in [0.25, 0.3) is 5.91 Å². The lowest BCUT2D eigenvalue weighted by Crippen LogP contribution is -2.17. The van der Waals surface area contributed by atoms with E-state index in [2.05, 4.69) is 10.4 Å². The van der Waals surface area contributed by atoms with Crippen LogP contribution in [0.25, 0.3) is 5.69 Å². The topological polar surface area (TPSA) is 102 Å². The summed E-state index contributed by atoms with van der Waals surface area (Å²) in [5.41, 5.74) is 10.0. The predicted molar refractivity (Wildman–Crippen MR) is 139 cm³/mol. The molecule has 1 fully saturated rings. The molecular formula is C29H29FN4O3. The summed E-state index contributed by atoms with van der Waals surface area (Å²) >= 11 is 0. The van der Waals surface area contributed by atoms with Crippen molar-refractivity contribution in [2.24, 2.45) is 11.7 Å². The van der Waals surface area contributed by atoms with Crippen LogP contribution >= 0.6 is 0 Å². The first-order valence-corrected chi connectivity index (χ1v) is 12.3. The van der Waals surface area contributed by atoms with Crippen molar-refractivity contribution in [3.63, 3.8) is 0 Å². The molecule has 0 radical (unpaired) electrons. The molecule has 5 rings (SSSR count). The number of carbonyl (C=O) groups is 1. The Morgan fingerprint density at radius 3 is 2.59 bits per heavy atom. The molecule has 7 nitrogen and oxygen atoms in total. The van der Waals surface area contributed by atoms with Crippen LogP contribution in [-0.2, 0) is 18.0 Å². The zero-order valence-electron chi connectivity index (χ0n) is 20.3. The number of alkyl halides is 1. The van der Waals surface area contributed by atoms with E-state index in [0.717, 1.165) is 16.7 Å². The molecule has 1 heterocycles. The number of ether oxygens (including phenoxy) is 1. The van der Waals surface area contributed by atoms with Crippen LogP contribution in [0.1, 0.15) is 51.8 Å². The van der Waals surface area contributed by atoms with Gasteiger partial charge in [0.05, 0.1) is 18.0 Å². The smallest absolute Gasteiger partial charge is 0.274 e. The number of rotatable bonds is 10. The summed E-state index contributed by atoms with van der Waals surface area (Å²) in [5.74, 6) is 0.347. The highest BCUT2D eigenvalue weighted by molar-refractivity contribution is 6.03. The average Bonchev–Trinajstić information content (AvgIpc) is 3.65. The Kier molecular flexibility index (Phi) is 7.30. The first kappa shape index (κ1) is 24.7. The summed E-state index contributed by atoms with van der Waals surface area (Å²) in [4.78, 5) is 13.3. The molecule has 190 valence electrons. The van der Waals surface area contributed by atoms with E-state index in [1.165, 1.54) is 23.6 Å². The van der Waals surface area contributed by atoms with Crippen LogP contribution in [0.5, 0.6) is 5.75 Å². The van der Waals surface area contributed by atoms with Crippen LogP contribution in [0.4, 0.5) is 10.1 Å². The lowest BCUT2D eigenvalue weighted by atomic mass is 10.0. The maximum Gasteiger partial charge on any atom is 0.274 e. The number of phenolic OH excluding ortho intramolecular Hbond substituents is 1. The molecular weight excluding hydrogens is 471 g/mol. The Hall–Kier alpha value is -4.01. The number of nitrogens with zero attached hydrogens (tertiary/aromatic N) is 2. The molecule has 1 atom stereocenters. The Labute approximate surface area is 214 Å². The number of carbonyl (C=O) groups excluding carboxylic acids is 1. The van der Waals surface area contributed by atoms with Crippen molar-refractivity contribution in [3.8, 4) is 11.4 Å². The lowest BCUT2D eigenvalue weighted by Gasteiger charge is -2.20. The minimum absolute atomic E-state index is 0.165. The van der Waals surface area contributed by atoms with Gasteiger partial charge < -0.3 is 20.9 Å².